The third-order valence-electron chi connectivity index (χ3n) is 5.11. The smallest absolute Gasteiger partial charge is 0.407 e. The molecule has 0 saturated heterocycles. The number of alkyl carbamates (subject to hydrolysis) is 1. The molecule has 29 heavy (non-hydrogen) atoms. The van der Waals surface area contributed by atoms with Gasteiger partial charge in [-0.05, 0) is 29.2 Å². The quantitative estimate of drug-likeness (QED) is 0.598. The van der Waals surface area contributed by atoms with Crippen molar-refractivity contribution in [3.63, 3.8) is 0 Å². The highest BCUT2D eigenvalue weighted by atomic mass is 16.5. The van der Waals surface area contributed by atoms with Gasteiger partial charge in [-0.1, -0.05) is 48.5 Å². The molecule has 1 aliphatic rings. The number of carbonyl (C=O) groups is 2. The number of aromatic nitrogens is 2. The van der Waals surface area contributed by atoms with E-state index in [9.17, 15) is 14.7 Å². The van der Waals surface area contributed by atoms with Crippen LogP contribution in [0, 0.1) is 6.92 Å². The summed E-state index contributed by atoms with van der Waals surface area (Å²) in [7, 11) is 0. The van der Waals surface area contributed by atoms with Crippen molar-refractivity contribution in [3.05, 3.63) is 77.4 Å². The van der Waals surface area contributed by atoms with Crippen molar-refractivity contribution in [2.75, 3.05) is 6.61 Å². The van der Waals surface area contributed by atoms with Crippen LogP contribution in [0.5, 0.6) is 0 Å². The topological polar surface area (TPSA) is 104 Å². The number of rotatable bonds is 6. The number of carboxylic acids is 1. The molecule has 0 bridgehead atoms. The molecule has 7 heteroatoms. The standard InChI is InChI=1S/C22H21N3O4/c1-13-23-11-14(24-13)10-20(21(26)27)25-22(28)29-12-19-17-8-4-2-6-15(17)16-7-3-5-9-18(16)19/h2-9,11,19-20H,10,12H2,1H3,(H,23,24)(H,25,28)(H,26,27). The minimum atomic E-state index is -1.13. The first-order valence-corrected chi connectivity index (χ1v) is 9.37. The lowest BCUT2D eigenvalue weighted by atomic mass is 9.98. The fraction of sp³-hybridized carbons (Fsp3) is 0.227. The highest BCUT2D eigenvalue weighted by molar-refractivity contribution is 5.81. The number of aryl methyl sites for hydroxylation is 1. The molecule has 1 aromatic heterocycles. The Morgan fingerprint density at radius 1 is 1.14 bits per heavy atom. The molecule has 0 fully saturated rings. The number of carboxylic acid groups (broad SMARTS) is 1. The van der Waals surface area contributed by atoms with Gasteiger partial charge in [-0.3, -0.25) is 0 Å². The van der Waals surface area contributed by atoms with Crippen LogP contribution >= 0.6 is 0 Å². The first kappa shape index (κ1) is 18.7. The average Bonchev–Trinajstić information content (AvgIpc) is 3.27. The van der Waals surface area contributed by atoms with Crippen LogP contribution in [0.3, 0.4) is 0 Å². The molecule has 1 unspecified atom stereocenters. The predicted octanol–water partition coefficient (Wildman–Crippen LogP) is 3.25. The second-order valence-electron chi connectivity index (χ2n) is 7.06. The lowest BCUT2D eigenvalue weighted by Crippen LogP contribution is -2.43. The summed E-state index contributed by atoms with van der Waals surface area (Å²) in [4.78, 5) is 30.9. The Labute approximate surface area is 167 Å². The zero-order chi connectivity index (χ0) is 20.4. The van der Waals surface area contributed by atoms with Crippen molar-refractivity contribution in [1.29, 1.82) is 0 Å². The summed E-state index contributed by atoms with van der Waals surface area (Å²) in [6, 6.07) is 15.0. The van der Waals surface area contributed by atoms with Crippen molar-refractivity contribution in [1.82, 2.24) is 15.3 Å². The molecule has 3 aromatic rings. The van der Waals surface area contributed by atoms with Crippen LogP contribution < -0.4 is 5.32 Å². The van der Waals surface area contributed by atoms with Gasteiger partial charge in [0.15, 0.2) is 0 Å². The minimum Gasteiger partial charge on any atom is -0.480 e. The maximum atomic E-state index is 12.3. The zero-order valence-corrected chi connectivity index (χ0v) is 15.9. The number of aliphatic carboxylic acids is 1. The molecule has 1 atom stereocenters. The predicted molar refractivity (Wildman–Crippen MR) is 107 cm³/mol. The number of aromatic amines is 1. The van der Waals surface area contributed by atoms with Crippen LogP contribution in [0.15, 0.2) is 54.7 Å². The summed E-state index contributed by atoms with van der Waals surface area (Å²) in [5, 5.41) is 11.9. The Morgan fingerprint density at radius 3 is 2.31 bits per heavy atom. The average molecular weight is 391 g/mol. The number of hydrogen-bond donors (Lipinski definition) is 3. The van der Waals surface area contributed by atoms with Gasteiger partial charge in [-0.25, -0.2) is 14.6 Å². The summed E-state index contributed by atoms with van der Waals surface area (Å²) in [6.45, 7) is 1.91. The molecule has 148 valence electrons. The summed E-state index contributed by atoms with van der Waals surface area (Å²) in [5.74, 6) is -0.525. The van der Waals surface area contributed by atoms with E-state index in [0.29, 0.717) is 11.5 Å². The van der Waals surface area contributed by atoms with Crippen LogP contribution in [0.25, 0.3) is 11.1 Å². The first-order chi connectivity index (χ1) is 14.0. The van der Waals surface area contributed by atoms with E-state index in [-0.39, 0.29) is 18.9 Å². The van der Waals surface area contributed by atoms with Crippen LogP contribution in [-0.4, -0.2) is 39.8 Å². The van der Waals surface area contributed by atoms with Gasteiger partial charge in [-0.15, -0.1) is 0 Å². The van der Waals surface area contributed by atoms with Crippen LogP contribution in [0.2, 0.25) is 0 Å². The maximum absolute atomic E-state index is 12.3. The van der Waals surface area contributed by atoms with E-state index >= 15 is 0 Å². The van der Waals surface area contributed by atoms with Crippen molar-refractivity contribution in [3.8, 4) is 11.1 Å². The number of nitrogens with zero attached hydrogens (tertiary/aromatic N) is 1. The Balaban J connectivity index is 1.43. The Bertz CT molecular complexity index is 1010. The lowest BCUT2D eigenvalue weighted by Gasteiger charge is -2.17. The number of imidazole rings is 1. The van der Waals surface area contributed by atoms with Crippen molar-refractivity contribution in [2.45, 2.75) is 25.3 Å². The number of benzene rings is 2. The highest BCUT2D eigenvalue weighted by Crippen LogP contribution is 2.44. The van der Waals surface area contributed by atoms with Gasteiger partial charge in [0.2, 0.25) is 0 Å². The maximum Gasteiger partial charge on any atom is 0.407 e. The van der Waals surface area contributed by atoms with Crippen LogP contribution in [-0.2, 0) is 16.0 Å². The van der Waals surface area contributed by atoms with Crippen molar-refractivity contribution in [2.24, 2.45) is 0 Å². The van der Waals surface area contributed by atoms with Crippen molar-refractivity contribution < 1.29 is 19.4 Å². The zero-order valence-electron chi connectivity index (χ0n) is 15.9. The fourth-order valence-corrected chi connectivity index (χ4v) is 3.78. The van der Waals surface area contributed by atoms with E-state index in [1.54, 1.807) is 13.1 Å². The summed E-state index contributed by atoms with van der Waals surface area (Å²) in [6.07, 6.45) is 0.904. The fourth-order valence-electron chi connectivity index (χ4n) is 3.78. The van der Waals surface area contributed by atoms with Gasteiger partial charge >= 0.3 is 12.1 Å². The van der Waals surface area contributed by atoms with E-state index in [0.717, 1.165) is 22.3 Å². The molecule has 0 saturated carbocycles. The minimum absolute atomic E-state index is 0.0771. The summed E-state index contributed by atoms with van der Waals surface area (Å²) < 4.78 is 5.42. The normalized spacial score (nSPS) is 13.4. The van der Waals surface area contributed by atoms with Gasteiger partial charge in [0.1, 0.15) is 18.5 Å². The number of amides is 1. The number of ether oxygens (including phenoxy) is 1. The molecular formula is C22H21N3O4. The second kappa shape index (κ2) is 7.79. The van der Waals surface area contributed by atoms with Crippen molar-refractivity contribution >= 4 is 12.1 Å². The molecule has 0 aliphatic heterocycles. The molecule has 7 nitrogen and oxygen atoms in total. The Morgan fingerprint density at radius 2 is 1.76 bits per heavy atom. The van der Waals surface area contributed by atoms with Gasteiger partial charge in [-0.2, -0.15) is 0 Å². The SMILES string of the molecule is Cc1ncc(CC(NC(=O)OCC2c3ccccc3-c3ccccc32)C(=O)O)[nH]1. The number of H-pyrrole nitrogens is 1. The number of fused-ring (bicyclic) bond motifs is 3. The lowest BCUT2D eigenvalue weighted by molar-refractivity contribution is -0.139. The third kappa shape index (κ3) is 3.85. The summed E-state index contributed by atoms with van der Waals surface area (Å²) in [5.41, 5.74) is 5.10. The van der Waals surface area contributed by atoms with Gasteiger partial charge in [0.05, 0.1) is 0 Å². The molecule has 3 N–H and O–H groups in total. The largest absolute Gasteiger partial charge is 0.480 e. The van der Waals surface area contributed by atoms with E-state index in [1.807, 2.05) is 36.4 Å². The number of nitrogens with one attached hydrogen (secondary N) is 2. The second-order valence-corrected chi connectivity index (χ2v) is 7.06. The first-order valence-electron chi connectivity index (χ1n) is 9.37. The molecule has 0 radical (unpaired) electrons. The van der Waals surface area contributed by atoms with Crippen LogP contribution in [0.1, 0.15) is 28.6 Å². The van der Waals surface area contributed by atoms with E-state index in [4.69, 9.17) is 4.74 Å². The highest BCUT2D eigenvalue weighted by Gasteiger charge is 2.29. The Hall–Kier alpha value is -3.61. The number of carbonyl (C=O) groups excluding carboxylic acids is 1. The van der Waals surface area contributed by atoms with Crippen LogP contribution in [0.4, 0.5) is 4.79 Å². The molecule has 1 amide bonds. The monoisotopic (exact) mass is 391 g/mol. The number of hydrogen-bond acceptors (Lipinski definition) is 4. The molecule has 2 aromatic carbocycles. The van der Waals surface area contributed by atoms with Gasteiger partial charge in [0.25, 0.3) is 0 Å². The van der Waals surface area contributed by atoms with E-state index < -0.39 is 18.1 Å². The van der Waals surface area contributed by atoms with Gasteiger partial charge < -0.3 is 20.1 Å². The molecule has 1 aliphatic carbocycles. The Kier molecular flexibility index (Phi) is 5.03. The summed E-state index contributed by atoms with van der Waals surface area (Å²) >= 11 is 0. The van der Waals surface area contributed by atoms with E-state index in [2.05, 4.69) is 27.4 Å². The molecule has 4 rings (SSSR count). The molecule has 1 heterocycles. The van der Waals surface area contributed by atoms with Gasteiger partial charge in [0, 0.05) is 24.2 Å². The molecule has 0 spiro atoms. The third-order valence-corrected chi connectivity index (χ3v) is 5.11. The molecular weight excluding hydrogens is 370 g/mol. The van der Waals surface area contributed by atoms with E-state index in [1.165, 1.54) is 0 Å².